The second kappa shape index (κ2) is 5.22. The second-order valence-electron chi connectivity index (χ2n) is 7.73. The van der Waals surface area contributed by atoms with Gasteiger partial charge in [0.2, 0.25) is 0 Å². The molecular weight excluding hydrogens is 292 g/mol. The van der Waals surface area contributed by atoms with Crippen LogP contribution in [0.5, 0.6) is 0 Å². The molecule has 3 heterocycles. The van der Waals surface area contributed by atoms with Crippen LogP contribution in [0.1, 0.15) is 40.6 Å². The highest BCUT2D eigenvalue weighted by atomic mass is 15.1. The molecule has 0 amide bonds. The minimum Gasteiger partial charge on any atom is -0.343 e. The first kappa shape index (κ1) is 14.3. The molecule has 0 N–H and O–H groups in total. The van der Waals surface area contributed by atoms with Crippen LogP contribution in [0.2, 0.25) is 0 Å². The Kier molecular flexibility index (Phi) is 3.11. The summed E-state index contributed by atoms with van der Waals surface area (Å²) in [6.45, 7) is 5.61. The lowest BCUT2D eigenvalue weighted by molar-refractivity contribution is 0.244. The van der Waals surface area contributed by atoms with Gasteiger partial charge in [-0.2, -0.15) is 0 Å². The average Bonchev–Trinajstić information content (AvgIpc) is 2.90. The van der Waals surface area contributed by atoms with E-state index in [0.717, 1.165) is 13.1 Å². The predicted molar refractivity (Wildman–Crippen MR) is 99.6 cm³/mol. The quantitative estimate of drug-likeness (QED) is 0.633. The summed E-state index contributed by atoms with van der Waals surface area (Å²) in [5.74, 6) is 1.28. The topological polar surface area (TPSA) is 8.17 Å². The van der Waals surface area contributed by atoms with Crippen LogP contribution < -0.4 is 0 Å². The van der Waals surface area contributed by atoms with E-state index in [2.05, 4.69) is 72.0 Å². The summed E-state index contributed by atoms with van der Waals surface area (Å²) in [5, 5.41) is 1.48. The van der Waals surface area contributed by atoms with E-state index in [1.54, 1.807) is 11.3 Å². The molecule has 0 saturated carbocycles. The van der Waals surface area contributed by atoms with Crippen molar-refractivity contribution in [3.8, 4) is 0 Å². The molecule has 0 bridgehead atoms. The fourth-order valence-corrected chi connectivity index (χ4v) is 4.98. The lowest BCUT2D eigenvalue weighted by Gasteiger charge is -2.38. The number of fused-ring (bicyclic) bond motifs is 3. The van der Waals surface area contributed by atoms with Crippen LogP contribution in [0.4, 0.5) is 0 Å². The third kappa shape index (κ3) is 2.06. The standard InChI is InChI=1S/C22H24N2/c1-15-8-9-21-19(10-15)20-14-23(2)12-18-11-17(13-24(21)22(18)20)16-6-4-3-5-7-16/h3-10,17-18H,11-14H2,1-2H3. The Labute approximate surface area is 143 Å². The van der Waals surface area contributed by atoms with Gasteiger partial charge in [0.25, 0.3) is 0 Å². The molecule has 2 heteroatoms. The number of benzene rings is 2. The van der Waals surface area contributed by atoms with Crippen molar-refractivity contribution in [3.05, 3.63) is 70.9 Å². The molecule has 0 radical (unpaired) electrons. The lowest BCUT2D eigenvalue weighted by Crippen LogP contribution is -2.35. The monoisotopic (exact) mass is 316 g/mol. The van der Waals surface area contributed by atoms with Gasteiger partial charge in [-0.15, -0.1) is 0 Å². The summed E-state index contributed by atoms with van der Waals surface area (Å²) in [4.78, 5) is 2.51. The predicted octanol–water partition coefficient (Wildman–Crippen LogP) is 4.67. The van der Waals surface area contributed by atoms with Gasteiger partial charge in [-0.05, 0) is 43.7 Å². The van der Waals surface area contributed by atoms with Crippen molar-refractivity contribution in [2.75, 3.05) is 13.6 Å². The van der Waals surface area contributed by atoms with Crippen molar-refractivity contribution in [1.82, 2.24) is 9.47 Å². The first-order chi connectivity index (χ1) is 11.7. The van der Waals surface area contributed by atoms with Crippen molar-refractivity contribution in [1.29, 1.82) is 0 Å². The van der Waals surface area contributed by atoms with Crippen molar-refractivity contribution in [2.45, 2.75) is 38.3 Å². The van der Waals surface area contributed by atoms with Gasteiger partial charge in [0.15, 0.2) is 0 Å². The highest BCUT2D eigenvalue weighted by molar-refractivity contribution is 5.87. The third-order valence-electron chi connectivity index (χ3n) is 5.96. The van der Waals surface area contributed by atoms with Crippen LogP contribution >= 0.6 is 0 Å². The molecule has 1 aromatic heterocycles. The number of likely N-dealkylation sites (N-methyl/N-ethyl adjacent to an activating group) is 1. The van der Waals surface area contributed by atoms with E-state index in [9.17, 15) is 0 Å². The lowest BCUT2D eigenvalue weighted by atomic mass is 9.81. The fraction of sp³-hybridized carbons (Fsp3) is 0.364. The number of hydrogen-bond acceptors (Lipinski definition) is 1. The second-order valence-corrected chi connectivity index (χ2v) is 7.73. The van der Waals surface area contributed by atoms with Crippen molar-refractivity contribution in [2.24, 2.45) is 0 Å². The van der Waals surface area contributed by atoms with E-state index < -0.39 is 0 Å². The zero-order valence-electron chi connectivity index (χ0n) is 14.5. The largest absolute Gasteiger partial charge is 0.343 e. The van der Waals surface area contributed by atoms with Gasteiger partial charge in [0, 0.05) is 48.1 Å². The summed E-state index contributed by atoms with van der Waals surface area (Å²) >= 11 is 0. The van der Waals surface area contributed by atoms with Crippen LogP contribution in [0, 0.1) is 6.92 Å². The van der Waals surface area contributed by atoms with Crippen molar-refractivity contribution < 1.29 is 0 Å². The van der Waals surface area contributed by atoms with E-state index >= 15 is 0 Å². The highest BCUT2D eigenvalue weighted by Gasteiger charge is 2.36. The van der Waals surface area contributed by atoms with Gasteiger partial charge in [-0.1, -0.05) is 42.0 Å². The van der Waals surface area contributed by atoms with Gasteiger partial charge >= 0.3 is 0 Å². The summed E-state index contributed by atoms with van der Waals surface area (Å²) in [5.41, 5.74) is 7.50. The van der Waals surface area contributed by atoms with Gasteiger partial charge in [-0.3, -0.25) is 0 Å². The van der Waals surface area contributed by atoms with E-state index in [4.69, 9.17) is 0 Å². The van der Waals surface area contributed by atoms with Crippen LogP contribution in [-0.4, -0.2) is 23.1 Å². The Morgan fingerprint density at radius 2 is 1.79 bits per heavy atom. The number of rotatable bonds is 1. The molecule has 2 aromatic carbocycles. The zero-order chi connectivity index (χ0) is 16.3. The first-order valence-electron chi connectivity index (χ1n) is 9.06. The number of aromatic nitrogens is 1. The van der Waals surface area contributed by atoms with Crippen LogP contribution in [-0.2, 0) is 13.1 Å². The number of hydrogen-bond donors (Lipinski definition) is 0. The van der Waals surface area contributed by atoms with E-state index in [-0.39, 0.29) is 0 Å². The Hall–Kier alpha value is -2.06. The smallest absolute Gasteiger partial charge is 0.0486 e. The molecule has 5 rings (SSSR count). The van der Waals surface area contributed by atoms with Gasteiger partial charge in [0.1, 0.15) is 0 Å². The van der Waals surface area contributed by atoms with E-state index in [0.29, 0.717) is 11.8 Å². The molecule has 0 spiro atoms. The minimum absolute atomic E-state index is 0.625. The molecule has 2 aliphatic heterocycles. The molecule has 24 heavy (non-hydrogen) atoms. The molecule has 2 nitrogen and oxygen atoms in total. The van der Waals surface area contributed by atoms with Gasteiger partial charge in [0.05, 0.1) is 0 Å². The number of nitrogens with zero attached hydrogens (tertiary/aromatic N) is 2. The zero-order valence-corrected chi connectivity index (χ0v) is 14.5. The fourth-order valence-electron chi connectivity index (χ4n) is 4.98. The highest BCUT2D eigenvalue weighted by Crippen LogP contribution is 2.45. The van der Waals surface area contributed by atoms with Gasteiger partial charge < -0.3 is 9.47 Å². The molecule has 2 atom stereocenters. The molecule has 3 aromatic rings. The maximum absolute atomic E-state index is 2.64. The Balaban J connectivity index is 1.71. The normalized spacial score (nSPS) is 23.4. The van der Waals surface area contributed by atoms with E-state index in [1.165, 1.54) is 35.0 Å². The van der Waals surface area contributed by atoms with Crippen LogP contribution in [0.25, 0.3) is 10.9 Å². The third-order valence-corrected chi connectivity index (χ3v) is 5.96. The maximum atomic E-state index is 2.64. The van der Waals surface area contributed by atoms with Gasteiger partial charge in [-0.25, -0.2) is 0 Å². The number of aryl methyl sites for hydroxylation is 1. The molecule has 2 unspecified atom stereocenters. The molecule has 2 aliphatic rings. The molecule has 0 saturated heterocycles. The Morgan fingerprint density at radius 3 is 2.62 bits per heavy atom. The van der Waals surface area contributed by atoms with Crippen molar-refractivity contribution in [3.63, 3.8) is 0 Å². The molecule has 0 aliphatic carbocycles. The summed E-state index contributed by atoms with van der Waals surface area (Å²) in [6.07, 6.45) is 1.27. The molecule has 0 fully saturated rings. The maximum Gasteiger partial charge on any atom is 0.0486 e. The first-order valence-corrected chi connectivity index (χ1v) is 9.06. The average molecular weight is 316 g/mol. The van der Waals surface area contributed by atoms with Crippen molar-refractivity contribution >= 4 is 10.9 Å². The van der Waals surface area contributed by atoms with Crippen LogP contribution in [0.3, 0.4) is 0 Å². The summed E-state index contributed by atoms with van der Waals surface area (Å²) in [7, 11) is 2.27. The summed E-state index contributed by atoms with van der Waals surface area (Å²) in [6, 6.07) is 18.1. The van der Waals surface area contributed by atoms with Crippen LogP contribution in [0.15, 0.2) is 48.5 Å². The SMILES string of the molecule is Cc1ccc2c(c1)c1c3n2CC(c2ccccc2)CC3CN(C)C1. The molecular formula is C22H24N2. The minimum atomic E-state index is 0.625. The Morgan fingerprint density at radius 1 is 0.958 bits per heavy atom. The Bertz CT molecular complexity index is 907. The summed E-state index contributed by atoms with van der Waals surface area (Å²) < 4.78 is 2.64. The van der Waals surface area contributed by atoms with E-state index in [1.807, 2.05) is 0 Å². The molecule has 122 valence electrons.